The van der Waals surface area contributed by atoms with Gasteiger partial charge in [-0.05, 0) is 18.2 Å². The molecule has 14 heavy (non-hydrogen) atoms. The van der Waals surface area contributed by atoms with Gasteiger partial charge in [-0.2, -0.15) is 8.42 Å². The van der Waals surface area contributed by atoms with E-state index in [0.717, 1.165) is 0 Å². The molecule has 80 valence electrons. The average molecular weight is 300 g/mol. The van der Waals surface area contributed by atoms with Crippen molar-refractivity contribution in [3.63, 3.8) is 0 Å². The monoisotopic (exact) mass is 298 g/mol. The van der Waals surface area contributed by atoms with Gasteiger partial charge in [0.25, 0.3) is 0 Å². The molecule has 8 heteroatoms. The van der Waals surface area contributed by atoms with Crippen LogP contribution in [0.2, 0.25) is 10.0 Å². The largest absolute Gasteiger partial charge is 0.317 e. The molecule has 0 aliphatic rings. The van der Waals surface area contributed by atoms with E-state index in [0.29, 0.717) is 5.02 Å². The van der Waals surface area contributed by atoms with Gasteiger partial charge in [0, 0.05) is 21.4 Å². The lowest BCUT2D eigenvalue weighted by atomic mass is 10.3. The first-order valence-electron chi connectivity index (χ1n) is 2.95. The van der Waals surface area contributed by atoms with Gasteiger partial charge in [0.2, 0.25) is 0 Å². The Kier molecular flexibility index (Phi) is 6.09. The number of halogens is 5. The van der Waals surface area contributed by atoms with Gasteiger partial charge in [-0.1, -0.05) is 23.2 Å². The lowest BCUT2D eigenvalue weighted by Gasteiger charge is -1.91. The molecule has 0 N–H and O–H groups in total. The van der Waals surface area contributed by atoms with Gasteiger partial charge in [-0.25, -0.2) is 4.39 Å². The summed E-state index contributed by atoms with van der Waals surface area (Å²) in [5, 5.41) is 0.620. The van der Waals surface area contributed by atoms with Crippen LogP contribution in [-0.2, 0) is 8.26 Å². The molecule has 0 aliphatic carbocycles. The summed E-state index contributed by atoms with van der Waals surface area (Å²) < 4.78 is 30.5. The van der Waals surface area contributed by atoms with Gasteiger partial charge < -0.3 is 0 Å². The van der Waals surface area contributed by atoms with Crippen molar-refractivity contribution in [2.24, 2.45) is 0 Å². The second-order valence-electron chi connectivity index (χ2n) is 1.94. The third kappa shape index (κ3) is 8.84. The van der Waals surface area contributed by atoms with E-state index in [1.807, 2.05) is 0 Å². The Morgan fingerprint density at radius 3 is 1.79 bits per heavy atom. The van der Waals surface area contributed by atoms with E-state index in [4.69, 9.17) is 31.6 Å². The van der Waals surface area contributed by atoms with Crippen molar-refractivity contribution in [2.45, 2.75) is 0 Å². The zero-order valence-electron chi connectivity index (χ0n) is 6.35. The van der Waals surface area contributed by atoms with Gasteiger partial charge in [0.15, 0.2) is 0 Å². The molecule has 0 radical (unpaired) electrons. The highest BCUT2D eigenvalue weighted by atomic mass is 36.0. The molecule has 1 aromatic rings. The molecule has 0 aromatic heterocycles. The van der Waals surface area contributed by atoms with Gasteiger partial charge in [-0.15, -0.1) is 0 Å². The van der Waals surface area contributed by atoms with Crippen LogP contribution in [0.5, 0.6) is 0 Å². The fourth-order valence-corrected chi connectivity index (χ4v) is 0.755. The summed E-state index contributed by atoms with van der Waals surface area (Å²) in [6.45, 7) is 0. The molecule has 2 nitrogen and oxygen atoms in total. The molecule has 0 saturated heterocycles. The second-order valence-corrected chi connectivity index (χ2v) is 6.42. The summed E-state index contributed by atoms with van der Waals surface area (Å²) in [6.07, 6.45) is 0. The molecule has 0 unspecified atom stereocenters. The van der Waals surface area contributed by atoms with Crippen LogP contribution in [0.3, 0.4) is 0 Å². The first-order chi connectivity index (χ1) is 6.20. The van der Waals surface area contributed by atoms with Crippen molar-refractivity contribution in [3.05, 3.63) is 34.1 Å². The van der Waals surface area contributed by atoms with Crippen molar-refractivity contribution in [3.8, 4) is 0 Å². The van der Waals surface area contributed by atoms with Crippen LogP contribution in [0.25, 0.3) is 0 Å². The SMILES string of the molecule is Fc1ccc(Cl)c(Cl)c1.O=S(=O)(Cl)Cl. The van der Waals surface area contributed by atoms with Crippen LogP contribution >= 0.6 is 44.6 Å². The topological polar surface area (TPSA) is 34.1 Å². The van der Waals surface area contributed by atoms with E-state index in [-0.39, 0.29) is 10.8 Å². The zero-order valence-corrected chi connectivity index (χ0v) is 10.2. The van der Waals surface area contributed by atoms with Crippen LogP contribution in [-0.4, -0.2) is 8.42 Å². The third-order valence-electron chi connectivity index (χ3n) is 0.882. The highest BCUT2D eigenvalue weighted by molar-refractivity contribution is 8.31. The van der Waals surface area contributed by atoms with E-state index in [1.54, 1.807) is 0 Å². The predicted molar refractivity (Wildman–Crippen MR) is 57.0 cm³/mol. The van der Waals surface area contributed by atoms with E-state index in [2.05, 4.69) is 21.4 Å². The molecule has 0 saturated carbocycles. The van der Waals surface area contributed by atoms with E-state index >= 15 is 0 Å². The van der Waals surface area contributed by atoms with Gasteiger partial charge in [0.05, 0.1) is 10.0 Å². The van der Waals surface area contributed by atoms with Crippen molar-refractivity contribution in [1.82, 2.24) is 0 Å². The number of hydrogen-bond donors (Lipinski definition) is 0. The summed E-state index contributed by atoms with van der Waals surface area (Å²) in [7, 11) is 4.81. The van der Waals surface area contributed by atoms with Crippen LogP contribution < -0.4 is 0 Å². The summed E-state index contributed by atoms with van der Waals surface area (Å²) in [5.41, 5.74) is 0. The highest BCUT2D eigenvalue weighted by Crippen LogP contribution is 2.21. The maximum Gasteiger partial charge on any atom is 0.317 e. The molecule has 0 amide bonds. The average Bonchev–Trinajstić information content (AvgIpc) is 1.94. The van der Waals surface area contributed by atoms with Gasteiger partial charge >= 0.3 is 8.26 Å². The minimum absolute atomic E-state index is 0.247. The maximum atomic E-state index is 12.2. The third-order valence-corrected chi connectivity index (χ3v) is 1.62. The Morgan fingerprint density at radius 2 is 1.50 bits per heavy atom. The summed E-state index contributed by atoms with van der Waals surface area (Å²) in [4.78, 5) is 0. The molecule has 0 atom stereocenters. The van der Waals surface area contributed by atoms with Crippen molar-refractivity contribution in [2.75, 3.05) is 0 Å². The van der Waals surface area contributed by atoms with Crippen molar-refractivity contribution in [1.29, 1.82) is 0 Å². The molecule has 0 heterocycles. The Morgan fingerprint density at radius 1 is 1.07 bits per heavy atom. The first-order valence-corrected chi connectivity index (χ1v) is 6.84. The molecule has 0 bridgehead atoms. The second kappa shape index (κ2) is 5.98. The molecule has 0 spiro atoms. The van der Waals surface area contributed by atoms with Crippen molar-refractivity contribution < 1.29 is 12.8 Å². The standard InChI is InChI=1S/C6H3Cl2F.Cl2O2S/c7-5-2-1-4(9)3-6(5)8;1-5(2,3)4/h1-3H;. The Hall–Kier alpha value is 0.260. The Balaban J connectivity index is 0.000000292. The fourth-order valence-electron chi connectivity index (χ4n) is 0.470. The summed E-state index contributed by atoms with van der Waals surface area (Å²) in [5.74, 6) is -0.371. The summed E-state index contributed by atoms with van der Waals surface area (Å²) in [6, 6.07) is 3.84. The Labute approximate surface area is 99.4 Å². The maximum absolute atomic E-state index is 12.2. The zero-order chi connectivity index (χ0) is 11.4. The molecule has 0 aliphatic heterocycles. The highest BCUT2D eigenvalue weighted by Gasteiger charge is 1.96. The molecular formula is C6H3Cl4FO2S. The van der Waals surface area contributed by atoms with Crippen LogP contribution in [0, 0.1) is 5.82 Å². The van der Waals surface area contributed by atoms with Crippen LogP contribution in [0.15, 0.2) is 18.2 Å². The number of rotatable bonds is 0. The first kappa shape index (κ1) is 14.3. The Bertz CT molecular complexity index is 398. The molecule has 0 fully saturated rings. The minimum Gasteiger partial charge on any atom is -0.207 e. The quantitative estimate of drug-likeness (QED) is 0.539. The fraction of sp³-hybridized carbons (Fsp3) is 0. The normalized spacial score (nSPS) is 10.4. The summed E-state index contributed by atoms with van der Waals surface area (Å²) >= 11 is 10.9. The lowest BCUT2D eigenvalue weighted by Crippen LogP contribution is -1.71. The minimum atomic E-state index is -3.72. The predicted octanol–water partition coefficient (Wildman–Crippen LogP) is 3.84. The van der Waals surface area contributed by atoms with Gasteiger partial charge in [0.1, 0.15) is 5.82 Å². The van der Waals surface area contributed by atoms with Crippen LogP contribution in [0.1, 0.15) is 0 Å². The van der Waals surface area contributed by atoms with Gasteiger partial charge in [-0.3, -0.25) is 0 Å². The lowest BCUT2D eigenvalue weighted by molar-refractivity contribution is 0.621. The molecule has 1 rings (SSSR count). The number of hydrogen-bond acceptors (Lipinski definition) is 2. The van der Waals surface area contributed by atoms with E-state index in [9.17, 15) is 4.39 Å². The van der Waals surface area contributed by atoms with E-state index in [1.165, 1.54) is 18.2 Å². The molecule has 1 aromatic carbocycles. The van der Waals surface area contributed by atoms with E-state index < -0.39 is 8.26 Å². The smallest absolute Gasteiger partial charge is 0.207 e. The molecular weight excluding hydrogens is 297 g/mol. The van der Waals surface area contributed by atoms with Crippen LogP contribution in [0.4, 0.5) is 4.39 Å². The number of benzene rings is 1. The van der Waals surface area contributed by atoms with Crippen molar-refractivity contribution >= 4 is 52.8 Å².